The lowest BCUT2D eigenvalue weighted by Crippen LogP contribution is -2.60. The molecule has 0 amide bonds. The number of hydrogen-bond donors (Lipinski definition) is 1. The fourth-order valence-electron chi connectivity index (χ4n) is 5.68. The lowest BCUT2D eigenvalue weighted by molar-refractivity contribution is -0.148. The van der Waals surface area contributed by atoms with E-state index >= 15 is 0 Å². The van der Waals surface area contributed by atoms with Crippen molar-refractivity contribution in [3.63, 3.8) is 0 Å². The molecule has 1 fully saturated rings. The summed E-state index contributed by atoms with van der Waals surface area (Å²) in [5, 5.41) is 20.3. The SMILES string of the molecule is C=C(C)[C@H]1Cc2oc(cc2C(=O)OC)[C@H](C(=C)C)[C@@H]2OC(=O)[C@@]3(N=NC[C@@H]3C1O)[C@H]2N(C)C. The highest BCUT2D eigenvalue weighted by Crippen LogP contribution is 2.51. The smallest absolute Gasteiger partial charge is 0.341 e. The van der Waals surface area contributed by atoms with Gasteiger partial charge in [0.1, 0.15) is 23.2 Å². The highest BCUT2D eigenvalue weighted by Gasteiger charge is 2.68. The number of likely N-dealkylation sites (N-methyl/N-ethyl adjacent to an activating group) is 1. The number of esters is 2. The van der Waals surface area contributed by atoms with Gasteiger partial charge in [0, 0.05) is 18.3 Å². The number of aliphatic hydroxyl groups excluding tert-OH is 1. The fraction of sp³-hybridized carbons (Fsp3) is 0.583. The summed E-state index contributed by atoms with van der Waals surface area (Å²) in [4.78, 5) is 28.0. The van der Waals surface area contributed by atoms with Gasteiger partial charge in [-0.1, -0.05) is 24.3 Å². The molecule has 178 valence electrons. The Morgan fingerprint density at radius 1 is 1.30 bits per heavy atom. The van der Waals surface area contributed by atoms with Gasteiger partial charge in [0.15, 0.2) is 0 Å². The second-order valence-corrected chi connectivity index (χ2v) is 9.58. The number of nitrogens with zero attached hydrogens (tertiary/aromatic N) is 3. The molecule has 1 aromatic heterocycles. The summed E-state index contributed by atoms with van der Waals surface area (Å²) >= 11 is 0. The number of aliphatic hydroxyl groups is 1. The van der Waals surface area contributed by atoms with E-state index in [2.05, 4.69) is 23.4 Å². The van der Waals surface area contributed by atoms with E-state index in [1.54, 1.807) is 13.0 Å². The van der Waals surface area contributed by atoms with Crippen molar-refractivity contribution in [2.24, 2.45) is 22.1 Å². The topological polar surface area (TPSA) is 114 Å². The van der Waals surface area contributed by atoms with E-state index in [0.717, 1.165) is 0 Å². The Kier molecular flexibility index (Phi) is 5.82. The average molecular weight is 458 g/mol. The van der Waals surface area contributed by atoms with E-state index in [1.807, 2.05) is 25.9 Å². The molecule has 4 heterocycles. The molecule has 1 N–H and O–H groups in total. The molecule has 1 saturated heterocycles. The number of hydrogen-bond acceptors (Lipinski definition) is 9. The first-order valence-corrected chi connectivity index (χ1v) is 11.0. The van der Waals surface area contributed by atoms with E-state index in [0.29, 0.717) is 22.7 Å². The zero-order chi connectivity index (χ0) is 24.2. The third kappa shape index (κ3) is 3.36. The minimum absolute atomic E-state index is 0.182. The molecule has 4 bridgehead atoms. The highest BCUT2D eigenvalue weighted by molar-refractivity contribution is 5.91. The minimum atomic E-state index is -1.36. The van der Waals surface area contributed by atoms with Gasteiger partial charge in [-0.3, -0.25) is 0 Å². The molecular weight excluding hydrogens is 426 g/mol. The van der Waals surface area contributed by atoms with E-state index in [-0.39, 0.29) is 18.5 Å². The molecule has 0 aromatic carbocycles. The van der Waals surface area contributed by atoms with Crippen LogP contribution in [-0.4, -0.2) is 73.5 Å². The summed E-state index contributed by atoms with van der Waals surface area (Å²) in [5.74, 6) is -1.89. The number of rotatable bonds is 4. The van der Waals surface area contributed by atoms with Crippen LogP contribution in [0.3, 0.4) is 0 Å². The van der Waals surface area contributed by atoms with Gasteiger partial charge < -0.3 is 23.9 Å². The number of methoxy groups -OCH3 is 1. The molecule has 9 nitrogen and oxygen atoms in total. The Morgan fingerprint density at radius 3 is 2.58 bits per heavy atom. The van der Waals surface area contributed by atoms with Crippen LogP contribution in [0.5, 0.6) is 0 Å². The monoisotopic (exact) mass is 457 g/mol. The number of fused-ring (bicyclic) bond motifs is 3. The number of carbonyl (C=O) groups is 2. The third-order valence-corrected chi connectivity index (χ3v) is 7.23. The second kappa shape index (κ2) is 8.22. The maximum atomic E-state index is 13.5. The van der Waals surface area contributed by atoms with Crippen LogP contribution in [0.2, 0.25) is 0 Å². The fourth-order valence-corrected chi connectivity index (χ4v) is 5.68. The summed E-state index contributed by atoms with van der Waals surface area (Å²) in [6, 6.07) is 1.08. The Labute approximate surface area is 193 Å². The van der Waals surface area contributed by atoms with Crippen LogP contribution >= 0.6 is 0 Å². The predicted molar refractivity (Wildman–Crippen MR) is 119 cm³/mol. The van der Waals surface area contributed by atoms with Crippen molar-refractivity contribution in [1.82, 2.24) is 4.90 Å². The van der Waals surface area contributed by atoms with Gasteiger partial charge in [-0.2, -0.15) is 10.2 Å². The van der Waals surface area contributed by atoms with Gasteiger partial charge in [-0.05, 0) is 34.0 Å². The molecule has 0 saturated carbocycles. The number of furan rings is 1. The molecule has 7 atom stereocenters. The van der Waals surface area contributed by atoms with Gasteiger partial charge in [-0.15, -0.1) is 0 Å². The standard InChI is InChI=1S/C24H31N3O6/c1-11(2)13-8-16-14(22(29)31-7)9-17(32-16)18(12(3)4)20-21(27(5)6)24(23(30)33-20)15(19(13)28)10-25-26-24/h9,13,15,18-21,28H,1,3,8,10H2,2,4-7H3/t13-,15-,18+,19?,20+,21+,24+/m1/s1. The predicted octanol–water partition coefficient (Wildman–Crippen LogP) is 2.51. The Balaban J connectivity index is 2.00. The Bertz CT molecular complexity index is 1040. The van der Waals surface area contributed by atoms with Crippen LogP contribution in [0.15, 0.2) is 45.0 Å². The van der Waals surface area contributed by atoms with Crippen LogP contribution in [0.25, 0.3) is 0 Å². The lowest BCUT2D eigenvalue weighted by Gasteiger charge is -2.39. The van der Waals surface area contributed by atoms with Crippen LogP contribution < -0.4 is 0 Å². The van der Waals surface area contributed by atoms with Crippen molar-refractivity contribution >= 4 is 11.9 Å². The van der Waals surface area contributed by atoms with Crippen molar-refractivity contribution in [2.45, 2.75) is 50.0 Å². The molecule has 1 unspecified atom stereocenters. The maximum absolute atomic E-state index is 13.5. The van der Waals surface area contributed by atoms with Crippen molar-refractivity contribution in [3.05, 3.63) is 47.5 Å². The van der Waals surface area contributed by atoms with E-state index < -0.39 is 53.5 Å². The highest BCUT2D eigenvalue weighted by atomic mass is 16.6. The first-order valence-electron chi connectivity index (χ1n) is 11.0. The summed E-state index contributed by atoms with van der Waals surface area (Å²) < 4.78 is 17.2. The molecule has 33 heavy (non-hydrogen) atoms. The molecule has 9 heteroatoms. The van der Waals surface area contributed by atoms with E-state index in [1.165, 1.54) is 7.11 Å². The Morgan fingerprint density at radius 2 is 2.00 bits per heavy atom. The normalized spacial score (nSPS) is 35.1. The number of ether oxygens (including phenoxy) is 2. The zero-order valence-corrected chi connectivity index (χ0v) is 19.7. The summed E-state index contributed by atoms with van der Waals surface area (Å²) in [6.45, 7) is 12.0. The Hall–Kier alpha value is -2.78. The van der Waals surface area contributed by atoms with E-state index in [4.69, 9.17) is 13.9 Å². The molecule has 3 aliphatic rings. The molecular formula is C24H31N3O6. The minimum Gasteiger partial charge on any atom is -0.465 e. The van der Waals surface area contributed by atoms with Gasteiger partial charge in [0.2, 0.25) is 5.54 Å². The zero-order valence-electron chi connectivity index (χ0n) is 19.7. The van der Waals surface area contributed by atoms with Crippen molar-refractivity contribution < 1.29 is 28.6 Å². The molecule has 0 aliphatic carbocycles. The van der Waals surface area contributed by atoms with Crippen LogP contribution in [0.4, 0.5) is 0 Å². The van der Waals surface area contributed by atoms with Crippen LogP contribution in [0, 0.1) is 11.8 Å². The van der Waals surface area contributed by atoms with Crippen LogP contribution in [-0.2, 0) is 20.7 Å². The summed E-state index contributed by atoms with van der Waals surface area (Å²) in [5.41, 5.74) is 0.309. The molecule has 1 aromatic rings. The lowest BCUT2D eigenvalue weighted by atomic mass is 9.69. The van der Waals surface area contributed by atoms with Gasteiger partial charge >= 0.3 is 11.9 Å². The van der Waals surface area contributed by atoms with Gasteiger partial charge in [0.05, 0.1) is 31.7 Å². The molecule has 3 aliphatic heterocycles. The quantitative estimate of drug-likeness (QED) is 0.546. The van der Waals surface area contributed by atoms with Crippen molar-refractivity contribution in [3.8, 4) is 0 Å². The second-order valence-electron chi connectivity index (χ2n) is 9.58. The third-order valence-electron chi connectivity index (χ3n) is 7.23. The number of azo groups is 1. The molecule has 1 spiro atoms. The van der Waals surface area contributed by atoms with Gasteiger partial charge in [-0.25, -0.2) is 9.59 Å². The largest absolute Gasteiger partial charge is 0.465 e. The summed E-state index contributed by atoms with van der Waals surface area (Å²) in [7, 11) is 4.99. The molecule has 4 rings (SSSR count). The van der Waals surface area contributed by atoms with E-state index in [9.17, 15) is 14.7 Å². The maximum Gasteiger partial charge on any atom is 0.341 e. The summed E-state index contributed by atoms with van der Waals surface area (Å²) in [6.07, 6.45) is -1.52. The van der Waals surface area contributed by atoms with Crippen LogP contribution in [0.1, 0.15) is 41.6 Å². The first-order chi connectivity index (χ1) is 15.5. The number of carbonyl (C=O) groups excluding carboxylic acids is 2. The average Bonchev–Trinajstić information content (AvgIpc) is 3.41. The van der Waals surface area contributed by atoms with Gasteiger partial charge in [0.25, 0.3) is 0 Å². The van der Waals surface area contributed by atoms with Crippen molar-refractivity contribution in [2.75, 3.05) is 27.7 Å². The first kappa shape index (κ1) is 23.4. The molecule has 0 radical (unpaired) electrons. The van der Waals surface area contributed by atoms with Crippen molar-refractivity contribution in [1.29, 1.82) is 0 Å².